The summed E-state index contributed by atoms with van der Waals surface area (Å²) in [6.45, 7) is 2.02. The molecule has 1 aromatic heterocycles. The lowest BCUT2D eigenvalue weighted by Gasteiger charge is -2.13. The van der Waals surface area contributed by atoms with Crippen LogP contribution in [-0.4, -0.2) is 40.8 Å². The van der Waals surface area contributed by atoms with Crippen LogP contribution in [-0.2, 0) is 16.4 Å². The Kier molecular flexibility index (Phi) is 4.03. The molecule has 0 bridgehead atoms. The second-order valence-corrected chi connectivity index (χ2v) is 9.10. The molecule has 1 N–H and O–H groups in total. The number of benzene rings is 1. The summed E-state index contributed by atoms with van der Waals surface area (Å²) in [5, 5.41) is 11.7. The summed E-state index contributed by atoms with van der Waals surface area (Å²) in [6, 6.07) is 3.85. The van der Waals surface area contributed by atoms with Crippen LogP contribution in [0.3, 0.4) is 0 Å². The molecular formula is C16H16N4O4S2. The number of aryl methyl sites for hydroxylation is 1. The fourth-order valence-electron chi connectivity index (χ4n) is 2.85. The minimum absolute atomic E-state index is 0.106. The van der Waals surface area contributed by atoms with Gasteiger partial charge in [0.25, 0.3) is 21.8 Å². The Morgan fingerprint density at radius 3 is 2.81 bits per heavy atom. The molecule has 0 saturated heterocycles. The number of nitrogens with zero attached hydrogens (tertiary/aromatic N) is 3. The number of aromatic nitrogens is 2. The Morgan fingerprint density at radius 2 is 2.12 bits per heavy atom. The molecule has 1 aliphatic heterocycles. The van der Waals surface area contributed by atoms with Crippen molar-refractivity contribution in [2.75, 3.05) is 5.32 Å². The van der Waals surface area contributed by atoms with Crippen molar-refractivity contribution in [1.29, 1.82) is 0 Å². The molecule has 1 aliphatic carbocycles. The van der Waals surface area contributed by atoms with E-state index < -0.39 is 21.8 Å². The Morgan fingerprint density at radius 1 is 1.35 bits per heavy atom. The molecular weight excluding hydrogens is 376 g/mol. The Bertz CT molecular complexity index is 1010. The van der Waals surface area contributed by atoms with Crippen molar-refractivity contribution in [3.05, 3.63) is 34.3 Å². The summed E-state index contributed by atoms with van der Waals surface area (Å²) in [6.07, 6.45) is 3.08. The predicted molar refractivity (Wildman–Crippen MR) is 94.7 cm³/mol. The van der Waals surface area contributed by atoms with E-state index in [1.54, 1.807) is 0 Å². The molecule has 136 valence electrons. The van der Waals surface area contributed by atoms with Gasteiger partial charge in [-0.3, -0.25) is 14.9 Å². The number of nitrogens with one attached hydrogen (secondary N) is 1. The zero-order chi connectivity index (χ0) is 18.5. The number of anilines is 1. The lowest BCUT2D eigenvalue weighted by Crippen LogP contribution is -2.31. The standard InChI is InChI=1S/C16H16N4O4S2/c1-2-3-13-18-19-16(25-13)17-14(21)9-4-7-11-12(8-9)26(23,24)20(15(11)22)10-5-6-10/h4,7-8,10H,2-3,5-6H2,1H3,(H,17,19,21). The van der Waals surface area contributed by atoms with Gasteiger partial charge in [0.2, 0.25) is 5.13 Å². The molecule has 0 unspecified atom stereocenters. The summed E-state index contributed by atoms with van der Waals surface area (Å²) in [4.78, 5) is 24.7. The van der Waals surface area contributed by atoms with Gasteiger partial charge in [0.1, 0.15) is 9.90 Å². The van der Waals surface area contributed by atoms with Gasteiger partial charge in [0, 0.05) is 18.0 Å². The second-order valence-electron chi connectivity index (χ2n) is 6.25. The molecule has 26 heavy (non-hydrogen) atoms. The average molecular weight is 392 g/mol. The average Bonchev–Trinajstić information content (AvgIpc) is 3.29. The van der Waals surface area contributed by atoms with E-state index in [2.05, 4.69) is 15.5 Å². The largest absolute Gasteiger partial charge is 0.296 e. The summed E-state index contributed by atoms with van der Waals surface area (Å²) < 4.78 is 26.2. The van der Waals surface area contributed by atoms with Gasteiger partial charge in [-0.2, -0.15) is 0 Å². The molecule has 0 atom stereocenters. The Balaban J connectivity index is 1.60. The lowest BCUT2D eigenvalue weighted by atomic mass is 10.1. The maximum atomic E-state index is 12.6. The highest BCUT2D eigenvalue weighted by Crippen LogP contribution is 2.39. The first-order valence-corrected chi connectivity index (χ1v) is 10.5. The Hall–Kier alpha value is -2.33. The molecule has 10 heteroatoms. The van der Waals surface area contributed by atoms with Crippen LogP contribution in [0.5, 0.6) is 0 Å². The second kappa shape index (κ2) is 6.13. The van der Waals surface area contributed by atoms with Gasteiger partial charge in [-0.15, -0.1) is 10.2 Å². The molecule has 1 saturated carbocycles. The summed E-state index contributed by atoms with van der Waals surface area (Å²) in [5.74, 6) is -0.998. The molecule has 4 rings (SSSR count). The monoisotopic (exact) mass is 392 g/mol. The maximum Gasteiger partial charge on any atom is 0.269 e. The minimum atomic E-state index is -3.89. The number of fused-ring (bicyclic) bond motifs is 1. The fourth-order valence-corrected chi connectivity index (χ4v) is 5.52. The zero-order valence-corrected chi connectivity index (χ0v) is 15.6. The molecule has 2 heterocycles. The first-order valence-electron chi connectivity index (χ1n) is 8.28. The molecule has 2 aliphatic rings. The number of sulfonamides is 1. The first-order chi connectivity index (χ1) is 12.4. The third kappa shape index (κ3) is 2.78. The van der Waals surface area contributed by atoms with Crippen molar-refractivity contribution in [3.8, 4) is 0 Å². The number of rotatable bonds is 5. The van der Waals surface area contributed by atoms with Gasteiger partial charge in [0.15, 0.2) is 0 Å². The number of hydrogen-bond donors (Lipinski definition) is 1. The third-order valence-electron chi connectivity index (χ3n) is 4.24. The molecule has 1 aromatic carbocycles. The van der Waals surface area contributed by atoms with Crippen LogP contribution in [0, 0.1) is 0 Å². The van der Waals surface area contributed by atoms with Crippen LogP contribution < -0.4 is 5.32 Å². The minimum Gasteiger partial charge on any atom is -0.296 e. The van der Waals surface area contributed by atoms with E-state index in [-0.39, 0.29) is 22.1 Å². The van der Waals surface area contributed by atoms with Crippen LogP contribution in [0.15, 0.2) is 23.1 Å². The molecule has 0 spiro atoms. The van der Waals surface area contributed by atoms with E-state index in [0.717, 1.165) is 22.2 Å². The van der Waals surface area contributed by atoms with Crippen LogP contribution in [0.4, 0.5) is 5.13 Å². The van der Waals surface area contributed by atoms with Crippen LogP contribution in [0.1, 0.15) is 51.9 Å². The number of amides is 2. The summed E-state index contributed by atoms with van der Waals surface area (Å²) >= 11 is 1.28. The molecule has 2 aromatic rings. The van der Waals surface area contributed by atoms with Crippen molar-refractivity contribution < 1.29 is 18.0 Å². The zero-order valence-electron chi connectivity index (χ0n) is 13.9. The first kappa shape index (κ1) is 17.1. The van der Waals surface area contributed by atoms with Crippen molar-refractivity contribution in [2.24, 2.45) is 0 Å². The van der Waals surface area contributed by atoms with Crippen molar-refractivity contribution >= 4 is 38.3 Å². The van der Waals surface area contributed by atoms with E-state index in [9.17, 15) is 18.0 Å². The normalized spacial score (nSPS) is 18.0. The smallest absolute Gasteiger partial charge is 0.269 e. The van der Waals surface area contributed by atoms with Gasteiger partial charge in [-0.25, -0.2) is 12.7 Å². The van der Waals surface area contributed by atoms with Crippen molar-refractivity contribution in [3.63, 3.8) is 0 Å². The van der Waals surface area contributed by atoms with Crippen molar-refractivity contribution in [1.82, 2.24) is 14.5 Å². The van der Waals surface area contributed by atoms with E-state index in [0.29, 0.717) is 18.0 Å². The molecule has 8 nitrogen and oxygen atoms in total. The molecule has 0 radical (unpaired) electrons. The Labute approximate surface area is 154 Å². The quantitative estimate of drug-likeness (QED) is 0.834. The van der Waals surface area contributed by atoms with E-state index in [1.165, 1.54) is 29.5 Å². The topological polar surface area (TPSA) is 109 Å². The highest BCUT2D eigenvalue weighted by atomic mass is 32.2. The summed E-state index contributed by atoms with van der Waals surface area (Å²) in [5.41, 5.74) is 0.277. The number of carbonyl (C=O) groups is 2. The SMILES string of the molecule is CCCc1nnc(NC(=O)c2ccc3c(c2)S(=O)(=O)N(C2CC2)C3=O)s1. The fraction of sp³-hybridized carbons (Fsp3) is 0.375. The van der Waals surface area contributed by atoms with Crippen LogP contribution in [0.2, 0.25) is 0 Å². The highest BCUT2D eigenvalue weighted by Gasteiger charge is 2.48. The third-order valence-corrected chi connectivity index (χ3v) is 7.01. The van der Waals surface area contributed by atoms with Crippen LogP contribution in [0.25, 0.3) is 0 Å². The number of hydrogen-bond acceptors (Lipinski definition) is 7. The number of carbonyl (C=O) groups excluding carboxylic acids is 2. The van der Waals surface area contributed by atoms with E-state index >= 15 is 0 Å². The maximum absolute atomic E-state index is 12.6. The van der Waals surface area contributed by atoms with Gasteiger partial charge < -0.3 is 0 Å². The van der Waals surface area contributed by atoms with Gasteiger partial charge in [-0.05, 0) is 37.5 Å². The van der Waals surface area contributed by atoms with Crippen LogP contribution >= 0.6 is 11.3 Å². The predicted octanol–water partition coefficient (Wildman–Crippen LogP) is 2.05. The van der Waals surface area contributed by atoms with Crippen molar-refractivity contribution in [2.45, 2.75) is 43.5 Å². The van der Waals surface area contributed by atoms with E-state index in [1.807, 2.05) is 6.92 Å². The van der Waals surface area contributed by atoms with E-state index in [4.69, 9.17) is 0 Å². The summed E-state index contributed by atoms with van der Waals surface area (Å²) in [7, 11) is -3.89. The van der Waals surface area contributed by atoms with Gasteiger partial charge in [-0.1, -0.05) is 18.3 Å². The van der Waals surface area contributed by atoms with Gasteiger partial charge in [0.05, 0.1) is 5.56 Å². The molecule has 2 amide bonds. The highest BCUT2D eigenvalue weighted by molar-refractivity contribution is 7.90. The van der Waals surface area contributed by atoms with Gasteiger partial charge >= 0.3 is 0 Å². The molecule has 1 fully saturated rings. The lowest BCUT2D eigenvalue weighted by molar-refractivity contribution is 0.0864.